The van der Waals surface area contributed by atoms with E-state index in [4.69, 9.17) is 0 Å². The van der Waals surface area contributed by atoms with E-state index in [1.165, 1.54) is 22.2 Å². The maximum absolute atomic E-state index is 2.24. The minimum Gasteiger partial charge on any atom is -0.329 e. The van der Waals surface area contributed by atoms with Crippen LogP contribution in [0.2, 0.25) is 0 Å². The van der Waals surface area contributed by atoms with Crippen LogP contribution >= 0.6 is 0 Å². The summed E-state index contributed by atoms with van der Waals surface area (Å²) in [5.74, 6) is 0. The van der Waals surface area contributed by atoms with E-state index in [-0.39, 0.29) is 0 Å². The van der Waals surface area contributed by atoms with Crippen LogP contribution < -0.4 is 0 Å². The van der Waals surface area contributed by atoms with Crippen LogP contribution in [-0.2, 0) is 7.05 Å². The number of para-hydroxylation sites is 2. The highest BCUT2D eigenvalue weighted by Crippen LogP contribution is 2.21. The van der Waals surface area contributed by atoms with Gasteiger partial charge in [-0.15, -0.1) is 0 Å². The van der Waals surface area contributed by atoms with E-state index >= 15 is 0 Å². The number of benzene rings is 1. The molecular weight excluding hydrogens is 172 g/mol. The fourth-order valence-electron chi connectivity index (χ4n) is 2.11. The molecule has 14 heavy (non-hydrogen) atoms. The topological polar surface area (TPSA) is 9.34 Å². The largest absolute Gasteiger partial charge is 0.329 e. The predicted octanol–water partition coefficient (Wildman–Crippen LogP) is 2.74. The highest BCUT2D eigenvalue weighted by atomic mass is 15.1. The maximum atomic E-state index is 2.24. The van der Waals surface area contributed by atoms with E-state index in [0.29, 0.717) is 0 Å². The third kappa shape index (κ3) is 0.803. The molecule has 0 spiro atoms. The van der Waals surface area contributed by atoms with Crippen LogP contribution in [0.15, 0.2) is 36.5 Å². The molecule has 2 heterocycles. The minimum atomic E-state index is 1.25. The molecule has 2 aromatic heterocycles. The van der Waals surface area contributed by atoms with Crippen molar-refractivity contribution in [1.82, 2.24) is 8.97 Å². The molecule has 0 aliphatic heterocycles. The Kier molecular flexibility index (Phi) is 1.32. The van der Waals surface area contributed by atoms with Gasteiger partial charge in [0, 0.05) is 13.2 Å². The number of imidazole rings is 1. The zero-order chi connectivity index (χ0) is 9.71. The lowest BCUT2D eigenvalue weighted by Crippen LogP contribution is -1.85. The molecule has 0 unspecified atom stereocenters. The zero-order valence-electron chi connectivity index (χ0n) is 8.36. The van der Waals surface area contributed by atoms with Crippen LogP contribution in [0.1, 0.15) is 5.56 Å². The van der Waals surface area contributed by atoms with Crippen molar-refractivity contribution in [3.63, 3.8) is 0 Å². The molecule has 3 aromatic rings. The quantitative estimate of drug-likeness (QED) is 0.508. The number of hydrogen-bond acceptors (Lipinski definition) is 0. The van der Waals surface area contributed by atoms with Gasteiger partial charge < -0.3 is 8.97 Å². The van der Waals surface area contributed by atoms with Crippen LogP contribution in [0.5, 0.6) is 0 Å². The standard InChI is InChI=1S/C12H12N2/c1-9-7-12-13(2)10-5-3-4-6-11(10)14(12)8-9/h3-8H,1-2H3. The van der Waals surface area contributed by atoms with Crippen molar-refractivity contribution in [2.45, 2.75) is 6.92 Å². The lowest BCUT2D eigenvalue weighted by Gasteiger charge is -1.93. The molecular formula is C12H12N2. The van der Waals surface area contributed by atoms with Gasteiger partial charge in [0.1, 0.15) is 5.65 Å². The van der Waals surface area contributed by atoms with Crippen molar-refractivity contribution >= 4 is 16.7 Å². The van der Waals surface area contributed by atoms with Gasteiger partial charge >= 0.3 is 0 Å². The Morgan fingerprint density at radius 2 is 1.79 bits per heavy atom. The normalized spacial score (nSPS) is 11.6. The van der Waals surface area contributed by atoms with Crippen molar-refractivity contribution in [3.8, 4) is 0 Å². The third-order valence-electron chi connectivity index (χ3n) is 2.78. The number of rotatable bonds is 0. The molecule has 1 aromatic carbocycles. The van der Waals surface area contributed by atoms with Gasteiger partial charge in [0.15, 0.2) is 0 Å². The molecule has 2 heteroatoms. The molecule has 0 fully saturated rings. The van der Waals surface area contributed by atoms with Gasteiger partial charge in [-0.2, -0.15) is 0 Å². The smallest absolute Gasteiger partial charge is 0.117 e. The number of aryl methyl sites for hydroxylation is 2. The second-order valence-corrected chi connectivity index (χ2v) is 3.79. The predicted molar refractivity (Wildman–Crippen MR) is 58.6 cm³/mol. The zero-order valence-corrected chi connectivity index (χ0v) is 8.36. The first-order valence-corrected chi connectivity index (χ1v) is 4.79. The number of fused-ring (bicyclic) bond motifs is 3. The molecule has 0 atom stereocenters. The monoisotopic (exact) mass is 184 g/mol. The Bertz CT molecular complexity index is 614. The molecule has 70 valence electrons. The number of nitrogens with zero attached hydrogens (tertiary/aromatic N) is 2. The summed E-state index contributed by atoms with van der Waals surface area (Å²) in [6.07, 6.45) is 2.18. The molecule has 0 bridgehead atoms. The molecule has 3 rings (SSSR count). The molecule has 0 N–H and O–H groups in total. The van der Waals surface area contributed by atoms with E-state index in [1.807, 2.05) is 0 Å². The lowest BCUT2D eigenvalue weighted by molar-refractivity contribution is 0.994. The SMILES string of the molecule is Cc1cc2n(C)c3ccccc3n2c1. The molecule has 2 nitrogen and oxygen atoms in total. The van der Waals surface area contributed by atoms with Crippen LogP contribution in [0.3, 0.4) is 0 Å². The van der Waals surface area contributed by atoms with Crippen LogP contribution in [0.4, 0.5) is 0 Å². The Balaban J connectivity index is 2.65. The molecule has 0 saturated heterocycles. The van der Waals surface area contributed by atoms with Crippen LogP contribution in [0, 0.1) is 6.92 Å². The molecule has 0 radical (unpaired) electrons. The summed E-state index contributed by atoms with van der Waals surface area (Å²) in [5.41, 5.74) is 5.12. The maximum Gasteiger partial charge on any atom is 0.117 e. The van der Waals surface area contributed by atoms with Crippen molar-refractivity contribution in [1.29, 1.82) is 0 Å². The van der Waals surface area contributed by atoms with E-state index in [2.05, 4.69) is 59.5 Å². The second-order valence-electron chi connectivity index (χ2n) is 3.79. The highest BCUT2D eigenvalue weighted by Gasteiger charge is 2.06. The summed E-state index contributed by atoms with van der Waals surface area (Å²) in [6.45, 7) is 2.13. The molecule has 0 aliphatic rings. The minimum absolute atomic E-state index is 1.25. The summed E-state index contributed by atoms with van der Waals surface area (Å²) in [5, 5.41) is 0. The molecule has 0 saturated carbocycles. The van der Waals surface area contributed by atoms with E-state index in [0.717, 1.165) is 0 Å². The summed E-state index contributed by atoms with van der Waals surface area (Å²) in [4.78, 5) is 0. The molecule has 0 amide bonds. The average Bonchev–Trinajstić information content (AvgIpc) is 2.68. The summed E-state index contributed by atoms with van der Waals surface area (Å²) >= 11 is 0. The fourth-order valence-corrected chi connectivity index (χ4v) is 2.11. The summed E-state index contributed by atoms with van der Waals surface area (Å²) in [6, 6.07) is 10.7. The second kappa shape index (κ2) is 2.41. The van der Waals surface area contributed by atoms with Crippen molar-refractivity contribution < 1.29 is 0 Å². The number of hydrogen-bond donors (Lipinski definition) is 0. The first kappa shape index (κ1) is 7.68. The Morgan fingerprint density at radius 3 is 2.57 bits per heavy atom. The van der Waals surface area contributed by atoms with Crippen LogP contribution in [-0.4, -0.2) is 8.97 Å². The van der Waals surface area contributed by atoms with Crippen molar-refractivity contribution in [2.75, 3.05) is 0 Å². The Labute approximate surface area is 82.4 Å². The average molecular weight is 184 g/mol. The first-order valence-electron chi connectivity index (χ1n) is 4.79. The van der Waals surface area contributed by atoms with E-state index < -0.39 is 0 Å². The van der Waals surface area contributed by atoms with Gasteiger partial charge in [-0.3, -0.25) is 0 Å². The van der Waals surface area contributed by atoms with Crippen molar-refractivity contribution in [3.05, 3.63) is 42.1 Å². The van der Waals surface area contributed by atoms with E-state index in [9.17, 15) is 0 Å². The Hall–Kier alpha value is -1.70. The number of aromatic nitrogens is 2. The van der Waals surface area contributed by atoms with Gasteiger partial charge in [-0.1, -0.05) is 12.1 Å². The summed E-state index contributed by atoms with van der Waals surface area (Å²) < 4.78 is 4.47. The van der Waals surface area contributed by atoms with Gasteiger partial charge in [0.2, 0.25) is 0 Å². The first-order chi connectivity index (χ1) is 6.77. The van der Waals surface area contributed by atoms with Crippen LogP contribution in [0.25, 0.3) is 16.7 Å². The van der Waals surface area contributed by atoms with Gasteiger partial charge in [0.05, 0.1) is 11.0 Å². The van der Waals surface area contributed by atoms with Crippen molar-refractivity contribution in [2.24, 2.45) is 7.05 Å². The van der Waals surface area contributed by atoms with Gasteiger partial charge in [-0.05, 0) is 30.7 Å². The molecule has 0 aliphatic carbocycles. The highest BCUT2D eigenvalue weighted by molar-refractivity contribution is 5.82. The van der Waals surface area contributed by atoms with Gasteiger partial charge in [-0.25, -0.2) is 0 Å². The fraction of sp³-hybridized carbons (Fsp3) is 0.167. The van der Waals surface area contributed by atoms with Gasteiger partial charge in [0.25, 0.3) is 0 Å². The Morgan fingerprint density at radius 1 is 1.07 bits per heavy atom. The van der Waals surface area contributed by atoms with E-state index in [1.54, 1.807) is 0 Å². The summed E-state index contributed by atoms with van der Waals surface area (Å²) in [7, 11) is 2.11. The third-order valence-corrected chi connectivity index (χ3v) is 2.78. The lowest BCUT2D eigenvalue weighted by atomic mass is 10.3.